The Kier molecular flexibility index (Phi) is 19.2. The average molecular weight is 343 g/mol. The lowest BCUT2D eigenvalue weighted by Gasteiger charge is -2.17. The van der Waals surface area contributed by atoms with Crippen molar-refractivity contribution in [1.29, 1.82) is 0 Å². The van der Waals surface area contributed by atoms with Crippen LogP contribution in [0.4, 0.5) is 0 Å². The third-order valence-electron chi connectivity index (χ3n) is 4.69. The molecule has 0 rings (SSSR count). The molecule has 0 bridgehead atoms. The summed E-state index contributed by atoms with van der Waals surface area (Å²) in [5.74, 6) is 0. The van der Waals surface area contributed by atoms with Crippen molar-refractivity contribution in [2.75, 3.05) is 13.2 Å². The van der Waals surface area contributed by atoms with E-state index in [0.29, 0.717) is 6.10 Å². The highest BCUT2D eigenvalue weighted by Gasteiger charge is 2.06. The highest BCUT2D eigenvalue weighted by atomic mass is 16.5. The van der Waals surface area contributed by atoms with Crippen LogP contribution >= 0.6 is 0 Å². The van der Waals surface area contributed by atoms with Gasteiger partial charge in [-0.1, -0.05) is 90.9 Å². The summed E-state index contributed by atoms with van der Waals surface area (Å²) in [5, 5.41) is 0. The molecule has 2 heteroatoms. The molecule has 0 fully saturated rings. The molecule has 0 aromatic heterocycles. The zero-order valence-corrected chi connectivity index (χ0v) is 17.3. The van der Waals surface area contributed by atoms with E-state index in [4.69, 9.17) is 9.47 Å². The molecule has 0 aliphatic carbocycles. The molecule has 2 atom stereocenters. The van der Waals surface area contributed by atoms with Crippen LogP contribution in [0.2, 0.25) is 0 Å². The van der Waals surface area contributed by atoms with Gasteiger partial charge in [0.2, 0.25) is 0 Å². The molecule has 0 aromatic rings. The first-order valence-electron chi connectivity index (χ1n) is 10.9. The van der Waals surface area contributed by atoms with Gasteiger partial charge < -0.3 is 9.47 Å². The Bertz CT molecular complexity index is 230. The van der Waals surface area contributed by atoms with E-state index in [0.717, 1.165) is 19.6 Å². The molecule has 0 aliphatic heterocycles. The maximum absolute atomic E-state index is 5.88. The van der Waals surface area contributed by atoms with Crippen LogP contribution in [-0.2, 0) is 9.47 Å². The predicted octanol–water partition coefficient (Wildman–Crippen LogP) is 7.30. The van der Waals surface area contributed by atoms with Crippen LogP contribution in [-0.4, -0.2) is 25.4 Å². The number of ether oxygens (including phenoxy) is 2. The molecule has 0 aliphatic rings. The van der Waals surface area contributed by atoms with Gasteiger partial charge in [0.05, 0.1) is 18.8 Å². The Morgan fingerprint density at radius 3 is 1.54 bits per heavy atom. The average Bonchev–Trinajstić information content (AvgIpc) is 2.59. The minimum Gasteiger partial charge on any atom is -0.376 e. The molecular weight excluding hydrogens is 296 g/mol. The molecule has 0 spiro atoms. The summed E-state index contributed by atoms with van der Waals surface area (Å²) in [6.45, 7) is 10.3. The lowest BCUT2D eigenvalue weighted by molar-refractivity contribution is -0.0336. The topological polar surface area (TPSA) is 18.5 Å². The summed E-state index contributed by atoms with van der Waals surface area (Å²) in [6.07, 6.45) is 19.8. The monoisotopic (exact) mass is 342 g/mol. The van der Waals surface area contributed by atoms with Crippen molar-refractivity contribution >= 4 is 0 Å². The standard InChI is InChI=1S/C22H46O2/c1-5-7-8-9-10-11-12-13-14-15-16-17-18-21(3)24-20-22(4)23-19-6-2/h21-22H,5-20H2,1-4H3. The molecule has 2 nitrogen and oxygen atoms in total. The second-order valence-corrected chi connectivity index (χ2v) is 7.50. The maximum atomic E-state index is 5.88. The van der Waals surface area contributed by atoms with E-state index >= 15 is 0 Å². The number of rotatable bonds is 19. The molecule has 0 aromatic carbocycles. The van der Waals surface area contributed by atoms with E-state index in [1.54, 1.807) is 0 Å². The fraction of sp³-hybridized carbons (Fsp3) is 1.00. The fourth-order valence-electron chi connectivity index (χ4n) is 3.02. The van der Waals surface area contributed by atoms with Crippen molar-refractivity contribution in [1.82, 2.24) is 0 Å². The molecule has 0 heterocycles. The van der Waals surface area contributed by atoms with Gasteiger partial charge in [0.25, 0.3) is 0 Å². The van der Waals surface area contributed by atoms with E-state index in [1.807, 2.05) is 0 Å². The maximum Gasteiger partial charge on any atom is 0.0780 e. The Morgan fingerprint density at radius 1 is 0.542 bits per heavy atom. The SMILES string of the molecule is CCCCCCCCCCCCCCC(C)OCC(C)OCCC. The summed E-state index contributed by atoms with van der Waals surface area (Å²) in [7, 11) is 0. The van der Waals surface area contributed by atoms with Gasteiger partial charge >= 0.3 is 0 Å². The van der Waals surface area contributed by atoms with Crippen LogP contribution in [0.15, 0.2) is 0 Å². The summed E-state index contributed by atoms with van der Waals surface area (Å²) < 4.78 is 11.5. The van der Waals surface area contributed by atoms with Gasteiger partial charge in [-0.25, -0.2) is 0 Å². The van der Waals surface area contributed by atoms with E-state index in [-0.39, 0.29) is 6.10 Å². The predicted molar refractivity (Wildman–Crippen MR) is 107 cm³/mol. The zero-order chi connectivity index (χ0) is 17.9. The fourth-order valence-corrected chi connectivity index (χ4v) is 3.02. The van der Waals surface area contributed by atoms with Gasteiger partial charge in [0, 0.05) is 6.61 Å². The molecule has 0 saturated heterocycles. The van der Waals surface area contributed by atoms with Crippen molar-refractivity contribution in [2.45, 2.75) is 130 Å². The third kappa shape index (κ3) is 18.3. The Morgan fingerprint density at radius 2 is 1.04 bits per heavy atom. The smallest absolute Gasteiger partial charge is 0.0780 e. The first-order valence-corrected chi connectivity index (χ1v) is 10.9. The van der Waals surface area contributed by atoms with Gasteiger partial charge in [-0.3, -0.25) is 0 Å². The minimum absolute atomic E-state index is 0.231. The van der Waals surface area contributed by atoms with Crippen LogP contribution in [0.5, 0.6) is 0 Å². The van der Waals surface area contributed by atoms with Gasteiger partial charge in [0.1, 0.15) is 0 Å². The zero-order valence-electron chi connectivity index (χ0n) is 17.3. The van der Waals surface area contributed by atoms with Crippen molar-refractivity contribution < 1.29 is 9.47 Å². The molecular formula is C22H46O2. The first-order chi connectivity index (χ1) is 11.7. The lowest BCUT2D eigenvalue weighted by atomic mass is 10.0. The van der Waals surface area contributed by atoms with Gasteiger partial charge in [-0.2, -0.15) is 0 Å². The summed E-state index contributed by atoms with van der Waals surface area (Å²) in [6, 6.07) is 0. The number of hydrogen-bond donors (Lipinski definition) is 0. The Labute approximate surface area is 153 Å². The Balaban J connectivity index is 3.20. The number of unbranched alkanes of at least 4 members (excludes halogenated alkanes) is 11. The van der Waals surface area contributed by atoms with Crippen LogP contribution in [0.25, 0.3) is 0 Å². The lowest BCUT2D eigenvalue weighted by Crippen LogP contribution is -2.20. The first kappa shape index (κ1) is 23.9. The molecule has 0 radical (unpaired) electrons. The van der Waals surface area contributed by atoms with Gasteiger partial charge in [0.15, 0.2) is 0 Å². The second-order valence-electron chi connectivity index (χ2n) is 7.50. The van der Waals surface area contributed by atoms with Gasteiger partial charge in [-0.05, 0) is 26.7 Å². The van der Waals surface area contributed by atoms with Crippen molar-refractivity contribution in [2.24, 2.45) is 0 Å². The van der Waals surface area contributed by atoms with E-state index < -0.39 is 0 Å². The van der Waals surface area contributed by atoms with E-state index in [2.05, 4.69) is 27.7 Å². The van der Waals surface area contributed by atoms with Crippen LogP contribution in [0.3, 0.4) is 0 Å². The van der Waals surface area contributed by atoms with Crippen molar-refractivity contribution in [3.05, 3.63) is 0 Å². The van der Waals surface area contributed by atoms with E-state index in [9.17, 15) is 0 Å². The highest BCUT2D eigenvalue weighted by molar-refractivity contribution is 4.55. The molecule has 0 saturated carbocycles. The van der Waals surface area contributed by atoms with E-state index in [1.165, 1.54) is 83.5 Å². The second kappa shape index (κ2) is 19.2. The summed E-state index contributed by atoms with van der Waals surface area (Å²) in [5.41, 5.74) is 0. The number of hydrogen-bond acceptors (Lipinski definition) is 2. The minimum atomic E-state index is 0.231. The van der Waals surface area contributed by atoms with Crippen LogP contribution in [0, 0.1) is 0 Å². The normalized spacial score (nSPS) is 14.0. The molecule has 0 N–H and O–H groups in total. The quantitative estimate of drug-likeness (QED) is 0.229. The van der Waals surface area contributed by atoms with Crippen LogP contribution in [0.1, 0.15) is 118 Å². The largest absolute Gasteiger partial charge is 0.376 e. The van der Waals surface area contributed by atoms with Gasteiger partial charge in [-0.15, -0.1) is 0 Å². The molecule has 0 amide bonds. The van der Waals surface area contributed by atoms with Crippen molar-refractivity contribution in [3.8, 4) is 0 Å². The third-order valence-corrected chi connectivity index (χ3v) is 4.69. The summed E-state index contributed by atoms with van der Waals surface area (Å²) >= 11 is 0. The molecule has 24 heavy (non-hydrogen) atoms. The highest BCUT2D eigenvalue weighted by Crippen LogP contribution is 2.13. The summed E-state index contributed by atoms with van der Waals surface area (Å²) in [4.78, 5) is 0. The Hall–Kier alpha value is -0.0800. The molecule has 2 unspecified atom stereocenters. The van der Waals surface area contributed by atoms with Crippen molar-refractivity contribution in [3.63, 3.8) is 0 Å². The molecule has 146 valence electrons. The van der Waals surface area contributed by atoms with Crippen LogP contribution < -0.4 is 0 Å².